The third kappa shape index (κ3) is 1.85. The van der Waals surface area contributed by atoms with E-state index in [1.54, 1.807) is 6.07 Å². The van der Waals surface area contributed by atoms with Crippen molar-refractivity contribution in [2.24, 2.45) is 5.73 Å². The highest BCUT2D eigenvalue weighted by molar-refractivity contribution is 7.92. The number of benzene rings is 1. The highest BCUT2D eigenvalue weighted by Gasteiger charge is 2.22. The van der Waals surface area contributed by atoms with Crippen molar-refractivity contribution in [3.8, 4) is 11.5 Å². The summed E-state index contributed by atoms with van der Waals surface area (Å²) in [6.45, 7) is 2.34. The molecule has 0 saturated heterocycles. The Morgan fingerprint density at radius 2 is 1.88 bits per heavy atom. The molecule has 1 aromatic carbocycles. The van der Waals surface area contributed by atoms with Crippen molar-refractivity contribution in [1.82, 2.24) is 0 Å². The van der Waals surface area contributed by atoms with Gasteiger partial charge in [-0.15, -0.1) is 0 Å². The van der Waals surface area contributed by atoms with Crippen molar-refractivity contribution in [2.45, 2.75) is 17.2 Å². The molecule has 1 aliphatic rings. The van der Waals surface area contributed by atoms with Gasteiger partial charge in [0.1, 0.15) is 18.6 Å². The monoisotopic (exact) mass is 243 g/mol. The van der Waals surface area contributed by atoms with Crippen molar-refractivity contribution >= 4 is 9.84 Å². The maximum atomic E-state index is 11.8. The van der Waals surface area contributed by atoms with Crippen molar-refractivity contribution in [3.63, 3.8) is 0 Å². The lowest BCUT2D eigenvalue weighted by molar-refractivity contribution is 0.171. The van der Waals surface area contributed by atoms with Gasteiger partial charge in [-0.3, -0.25) is 0 Å². The molecule has 1 aromatic rings. The summed E-state index contributed by atoms with van der Waals surface area (Å²) in [6.07, 6.45) is 0. The molecule has 0 spiro atoms. The van der Waals surface area contributed by atoms with E-state index in [2.05, 4.69) is 0 Å². The molecule has 0 saturated carbocycles. The summed E-state index contributed by atoms with van der Waals surface area (Å²) in [5.41, 5.74) is 5.42. The number of ether oxygens (including phenoxy) is 2. The van der Waals surface area contributed by atoms with Crippen molar-refractivity contribution < 1.29 is 17.9 Å². The molecule has 0 radical (unpaired) electrons. The summed E-state index contributed by atoms with van der Waals surface area (Å²) in [7, 11) is -3.47. The Morgan fingerprint density at radius 1 is 1.25 bits per heavy atom. The van der Waals surface area contributed by atoms with Gasteiger partial charge in [0.05, 0.1) is 4.90 Å². The van der Waals surface area contributed by atoms with Crippen LogP contribution in [0.1, 0.15) is 6.92 Å². The molecule has 16 heavy (non-hydrogen) atoms. The van der Waals surface area contributed by atoms with Gasteiger partial charge in [0.15, 0.2) is 21.3 Å². The topological polar surface area (TPSA) is 78.6 Å². The van der Waals surface area contributed by atoms with Gasteiger partial charge in [-0.25, -0.2) is 8.42 Å². The molecule has 2 rings (SSSR count). The molecule has 0 amide bonds. The standard InChI is InChI=1S/C10H13NO4S/c1-7(11)16(12,13)8-2-3-9-10(6-8)15-5-4-14-9/h2-3,6-7H,4-5,11H2,1H3. The summed E-state index contributed by atoms with van der Waals surface area (Å²) < 4.78 is 34.2. The van der Waals surface area contributed by atoms with E-state index < -0.39 is 15.2 Å². The lowest BCUT2D eigenvalue weighted by atomic mass is 10.3. The summed E-state index contributed by atoms with van der Waals surface area (Å²) >= 11 is 0. The lowest BCUT2D eigenvalue weighted by Gasteiger charge is -2.19. The van der Waals surface area contributed by atoms with Crippen LogP contribution in [0.3, 0.4) is 0 Å². The first-order chi connectivity index (χ1) is 7.51. The van der Waals surface area contributed by atoms with Crippen LogP contribution in [0, 0.1) is 0 Å². The minimum absolute atomic E-state index is 0.159. The normalized spacial score (nSPS) is 16.9. The van der Waals surface area contributed by atoms with Crippen LogP contribution in [0.25, 0.3) is 0 Å². The Morgan fingerprint density at radius 3 is 2.50 bits per heavy atom. The fourth-order valence-corrected chi connectivity index (χ4v) is 2.37. The van der Waals surface area contributed by atoms with Crippen LogP contribution >= 0.6 is 0 Å². The Balaban J connectivity index is 2.45. The third-order valence-corrected chi connectivity index (χ3v) is 4.22. The zero-order valence-corrected chi connectivity index (χ0v) is 9.66. The van der Waals surface area contributed by atoms with E-state index in [9.17, 15) is 8.42 Å². The SMILES string of the molecule is CC(N)S(=O)(=O)c1ccc2c(c1)OCCO2. The zero-order chi connectivity index (χ0) is 11.8. The van der Waals surface area contributed by atoms with Gasteiger partial charge in [0, 0.05) is 6.07 Å². The van der Waals surface area contributed by atoms with Crippen LogP contribution < -0.4 is 15.2 Å². The molecule has 0 aliphatic carbocycles. The predicted molar refractivity (Wildman–Crippen MR) is 58.3 cm³/mol. The minimum Gasteiger partial charge on any atom is -0.486 e. The average molecular weight is 243 g/mol. The van der Waals surface area contributed by atoms with Gasteiger partial charge in [-0.2, -0.15) is 0 Å². The highest BCUT2D eigenvalue weighted by Crippen LogP contribution is 2.32. The summed E-state index contributed by atoms with van der Waals surface area (Å²) in [6, 6.07) is 4.52. The van der Waals surface area contributed by atoms with Gasteiger partial charge in [0.25, 0.3) is 0 Å². The molecule has 0 fully saturated rings. The molecular formula is C10H13NO4S. The Kier molecular flexibility index (Phi) is 2.77. The fourth-order valence-electron chi connectivity index (χ4n) is 1.42. The molecule has 5 nitrogen and oxygen atoms in total. The van der Waals surface area contributed by atoms with Crippen LogP contribution in [0.5, 0.6) is 11.5 Å². The van der Waals surface area contributed by atoms with Crippen LogP contribution in [-0.2, 0) is 9.84 Å². The second kappa shape index (κ2) is 3.95. The van der Waals surface area contributed by atoms with Gasteiger partial charge in [-0.1, -0.05) is 0 Å². The first-order valence-electron chi connectivity index (χ1n) is 4.91. The number of rotatable bonds is 2. The van der Waals surface area contributed by atoms with Crippen LogP contribution in [0.4, 0.5) is 0 Å². The maximum absolute atomic E-state index is 11.8. The fraction of sp³-hybridized carbons (Fsp3) is 0.400. The van der Waals surface area contributed by atoms with Crippen LogP contribution in [-0.4, -0.2) is 27.0 Å². The van der Waals surface area contributed by atoms with Crippen molar-refractivity contribution in [2.75, 3.05) is 13.2 Å². The molecule has 0 aromatic heterocycles. The number of hydrogen-bond acceptors (Lipinski definition) is 5. The third-order valence-electron chi connectivity index (χ3n) is 2.33. The van der Waals surface area contributed by atoms with E-state index in [0.29, 0.717) is 24.7 Å². The van der Waals surface area contributed by atoms with Gasteiger partial charge in [0.2, 0.25) is 0 Å². The smallest absolute Gasteiger partial charge is 0.193 e. The zero-order valence-electron chi connectivity index (χ0n) is 8.84. The predicted octanol–water partition coefficient (Wildman–Crippen LogP) is 0.536. The molecule has 1 unspecified atom stereocenters. The first kappa shape index (κ1) is 11.2. The largest absolute Gasteiger partial charge is 0.486 e. The minimum atomic E-state index is -3.47. The van der Waals surface area contributed by atoms with E-state index in [0.717, 1.165) is 0 Å². The molecule has 1 heterocycles. The summed E-state index contributed by atoms with van der Waals surface area (Å²) in [4.78, 5) is 0.159. The summed E-state index contributed by atoms with van der Waals surface area (Å²) in [5, 5.41) is -0.935. The molecular weight excluding hydrogens is 230 g/mol. The van der Waals surface area contributed by atoms with Gasteiger partial charge >= 0.3 is 0 Å². The number of fused-ring (bicyclic) bond motifs is 1. The Labute approximate surface area is 94.1 Å². The van der Waals surface area contributed by atoms with Crippen LogP contribution in [0.15, 0.2) is 23.1 Å². The second-order valence-corrected chi connectivity index (χ2v) is 5.86. The van der Waals surface area contributed by atoms with Crippen LogP contribution in [0.2, 0.25) is 0 Å². The second-order valence-electron chi connectivity index (χ2n) is 3.56. The van der Waals surface area contributed by atoms with E-state index in [4.69, 9.17) is 15.2 Å². The van der Waals surface area contributed by atoms with Crippen molar-refractivity contribution in [1.29, 1.82) is 0 Å². The molecule has 1 atom stereocenters. The van der Waals surface area contributed by atoms with E-state index in [1.807, 2.05) is 0 Å². The van der Waals surface area contributed by atoms with E-state index in [1.165, 1.54) is 19.1 Å². The Bertz CT molecular complexity index is 496. The number of sulfone groups is 1. The van der Waals surface area contributed by atoms with E-state index >= 15 is 0 Å². The highest BCUT2D eigenvalue weighted by atomic mass is 32.2. The number of nitrogens with two attached hydrogens (primary N) is 1. The van der Waals surface area contributed by atoms with Crippen molar-refractivity contribution in [3.05, 3.63) is 18.2 Å². The van der Waals surface area contributed by atoms with Gasteiger partial charge < -0.3 is 15.2 Å². The first-order valence-corrected chi connectivity index (χ1v) is 6.45. The molecule has 1 aliphatic heterocycles. The maximum Gasteiger partial charge on any atom is 0.193 e. The van der Waals surface area contributed by atoms with Gasteiger partial charge in [-0.05, 0) is 19.1 Å². The quantitative estimate of drug-likeness (QED) is 0.820. The molecule has 0 bridgehead atoms. The molecule has 2 N–H and O–H groups in total. The summed E-state index contributed by atoms with van der Waals surface area (Å²) in [5.74, 6) is 1.02. The van der Waals surface area contributed by atoms with E-state index in [-0.39, 0.29) is 4.90 Å². The average Bonchev–Trinajstić information content (AvgIpc) is 2.28. The molecule has 6 heteroatoms. The molecule has 88 valence electrons. The lowest BCUT2D eigenvalue weighted by Crippen LogP contribution is -2.27. The number of hydrogen-bond donors (Lipinski definition) is 1. The Hall–Kier alpha value is -1.27.